The molecule has 1 N–H and O–H groups in total. The Morgan fingerprint density at radius 2 is 1.97 bits per heavy atom. The average molecular weight is 495 g/mol. The summed E-state index contributed by atoms with van der Waals surface area (Å²) in [5.41, 5.74) is 4.33. The van der Waals surface area contributed by atoms with E-state index in [1.807, 2.05) is 24.3 Å². The molecule has 0 radical (unpaired) electrons. The summed E-state index contributed by atoms with van der Waals surface area (Å²) in [6.45, 7) is 2.48. The summed E-state index contributed by atoms with van der Waals surface area (Å²) in [6.07, 6.45) is 8.58. The molecule has 184 valence electrons. The highest BCUT2D eigenvalue weighted by Gasteiger charge is 2.31. The maximum Gasteiger partial charge on any atom is 0.295 e. The van der Waals surface area contributed by atoms with E-state index < -0.39 is 11.7 Å². The Labute approximate surface area is 211 Å². The standard InChI is InChI=1S/C26H22N8O3/c1-15-31-14-34(32-15)25-23-21(20(37-2)12-30-25)18(11-29-23)24(35)26(36)33-10-7-17-16(13-33)6-9-28-22(17)19-5-3-4-8-27-19/h3-6,8-9,11-12,14,29H,7,10,13H2,1-2H3. The highest BCUT2D eigenvalue weighted by Crippen LogP contribution is 2.33. The molecule has 37 heavy (non-hydrogen) atoms. The van der Waals surface area contributed by atoms with Crippen LogP contribution in [0.5, 0.6) is 5.75 Å². The molecule has 0 aromatic carbocycles. The van der Waals surface area contributed by atoms with Crippen molar-refractivity contribution in [2.45, 2.75) is 19.9 Å². The summed E-state index contributed by atoms with van der Waals surface area (Å²) in [6, 6.07) is 7.58. The van der Waals surface area contributed by atoms with E-state index in [4.69, 9.17) is 4.74 Å². The van der Waals surface area contributed by atoms with E-state index in [0.29, 0.717) is 47.8 Å². The van der Waals surface area contributed by atoms with Crippen LogP contribution in [0.25, 0.3) is 28.1 Å². The van der Waals surface area contributed by atoms with Crippen molar-refractivity contribution < 1.29 is 14.3 Å². The zero-order valence-electron chi connectivity index (χ0n) is 20.2. The van der Waals surface area contributed by atoms with Gasteiger partial charge in [0, 0.05) is 31.7 Å². The molecule has 0 fully saturated rings. The molecule has 0 atom stereocenters. The molecule has 11 nitrogen and oxygen atoms in total. The van der Waals surface area contributed by atoms with Gasteiger partial charge in [-0.05, 0) is 42.7 Å². The van der Waals surface area contributed by atoms with E-state index >= 15 is 0 Å². The summed E-state index contributed by atoms with van der Waals surface area (Å²) < 4.78 is 6.99. The van der Waals surface area contributed by atoms with Gasteiger partial charge >= 0.3 is 0 Å². The summed E-state index contributed by atoms with van der Waals surface area (Å²) in [5.74, 6) is 0.196. The van der Waals surface area contributed by atoms with E-state index in [9.17, 15) is 9.59 Å². The summed E-state index contributed by atoms with van der Waals surface area (Å²) >= 11 is 0. The quantitative estimate of drug-likeness (QED) is 0.291. The third-order valence-corrected chi connectivity index (χ3v) is 6.48. The molecule has 5 aromatic heterocycles. The van der Waals surface area contributed by atoms with Crippen molar-refractivity contribution in [1.82, 2.24) is 39.6 Å². The van der Waals surface area contributed by atoms with Gasteiger partial charge in [0.25, 0.3) is 11.7 Å². The van der Waals surface area contributed by atoms with E-state index in [-0.39, 0.29) is 5.56 Å². The fourth-order valence-corrected chi connectivity index (χ4v) is 4.71. The van der Waals surface area contributed by atoms with Crippen molar-refractivity contribution in [3.8, 4) is 23.0 Å². The van der Waals surface area contributed by atoms with E-state index in [0.717, 1.165) is 22.5 Å². The predicted octanol–water partition coefficient (Wildman–Crippen LogP) is 2.69. The number of fused-ring (bicyclic) bond motifs is 2. The molecule has 1 aliphatic heterocycles. The number of carbonyl (C=O) groups is 2. The second-order valence-electron chi connectivity index (χ2n) is 8.66. The maximum atomic E-state index is 13.5. The Kier molecular flexibility index (Phi) is 5.44. The molecule has 11 heteroatoms. The van der Waals surface area contributed by atoms with Crippen molar-refractivity contribution in [2.24, 2.45) is 0 Å². The molecule has 5 aromatic rings. The molecule has 0 spiro atoms. The van der Waals surface area contributed by atoms with Crippen LogP contribution in [0.15, 0.2) is 55.4 Å². The second kappa shape index (κ2) is 8.94. The molecule has 0 bridgehead atoms. The number of carbonyl (C=O) groups excluding carboxylic acids is 2. The lowest BCUT2D eigenvalue weighted by atomic mass is 9.96. The van der Waals surface area contributed by atoms with Gasteiger partial charge in [-0.15, -0.1) is 0 Å². The Balaban J connectivity index is 1.32. The minimum absolute atomic E-state index is 0.215. The zero-order chi connectivity index (χ0) is 25.5. The van der Waals surface area contributed by atoms with Gasteiger partial charge in [-0.2, -0.15) is 5.10 Å². The van der Waals surface area contributed by atoms with Crippen molar-refractivity contribution >= 4 is 22.6 Å². The lowest BCUT2D eigenvalue weighted by molar-refractivity contribution is -0.127. The number of pyridine rings is 3. The van der Waals surface area contributed by atoms with E-state index in [1.54, 1.807) is 24.2 Å². The lowest BCUT2D eigenvalue weighted by Crippen LogP contribution is -2.40. The van der Waals surface area contributed by atoms with Crippen LogP contribution in [0, 0.1) is 6.92 Å². The van der Waals surface area contributed by atoms with Gasteiger partial charge in [-0.1, -0.05) is 6.07 Å². The Morgan fingerprint density at radius 3 is 2.73 bits per heavy atom. The second-order valence-corrected chi connectivity index (χ2v) is 8.66. The van der Waals surface area contributed by atoms with E-state index in [2.05, 4.69) is 30.0 Å². The predicted molar refractivity (Wildman–Crippen MR) is 133 cm³/mol. The molecular weight excluding hydrogens is 472 g/mol. The Bertz CT molecular complexity index is 1660. The average Bonchev–Trinajstić information content (AvgIpc) is 3.58. The zero-order valence-corrected chi connectivity index (χ0v) is 20.2. The van der Waals surface area contributed by atoms with Crippen LogP contribution in [-0.2, 0) is 17.8 Å². The summed E-state index contributed by atoms with van der Waals surface area (Å²) in [4.78, 5) is 49.1. The number of ketones is 1. The summed E-state index contributed by atoms with van der Waals surface area (Å²) in [7, 11) is 1.49. The largest absolute Gasteiger partial charge is 0.494 e. The number of nitrogens with one attached hydrogen (secondary N) is 1. The first-order chi connectivity index (χ1) is 18.0. The molecule has 0 saturated heterocycles. The van der Waals surface area contributed by atoms with Crippen LogP contribution in [0.4, 0.5) is 0 Å². The molecule has 6 heterocycles. The normalized spacial score (nSPS) is 13.0. The van der Waals surface area contributed by atoms with Crippen LogP contribution in [0.2, 0.25) is 0 Å². The first-order valence-corrected chi connectivity index (χ1v) is 11.7. The van der Waals surface area contributed by atoms with Gasteiger partial charge < -0.3 is 14.6 Å². The molecule has 0 saturated carbocycles. The fraction of sp³-hybridized carbons (Fsp3) is 0.192. The van der Waals surface area contributed by atoms with Crippen LogP contribution in [0.3, 0.4) is 0 Å². The lowest BCUT2D eigenvalue weighted by Gasteiger charge is -2.29. The number of hydrogen-bond acceptors (Lipinski definition) is 8. The Morgan fingerprint density at radius 1 is 1.08 bits per heavy atom. The molecule has 1 amide bonds. The van der Waals surface area contributed by atoms with Crippen LogP contribution in [-0.4, -0.2) is 64.9 Å². The topological polar surface area (TPSA) is 132 Å². The van der Waals surface area contributed by atoms with Gasteiger partial charge in [0.2, 0.25) is 0 Å². The number of Topliss-reactive ketones (excluding diaryl/α,β-unsaturated/α-hetero) is 1. The number of methoxy groups -OCH3 is 1. The van der Waals surface area contributed by atoms with Crippen LogP contribution < -0.4 is 4.74 Å². The molecule has 1 aliphatic rings. The number of nitrogens with zero attached hydrogens (tertiary/aromatic N) is 7. The Hall–Kier alpha value is -4.93. The number of aryl methyl sites for hydroxylation is 1. The van der Waals surface area contributed by atoms with Crippen molar-refractivity contribution in [3.05, 3.63) is 77.9 Å². The van der Waals surface area contributed by atoms with Crippen LogP contribution >= 0.6 is 0 Å². The number of hydrogen-bond donors (Lipinski definition) is 1. The number of H-pyrrole nitrogens is 1. The van der Waals surface area contributed by atoms with Gasteiger partial charge in [0.1, 0.15) is 17.9 Å². The van der Waals surface area contributed by atoms with Gasteiger partial charge in [-0.3, -0.25) is 19.6 Å². The van der Waals surface area contributed by atoms with Crippen molar-refractivity contribution in [3.63, 3.8) is 0 Å². The van der Waals surface area contributed by atoms with Gasteiger partial charge in [0.15, 0.2) is 5.82 Å². The highest BCUT2D eigenvalue weighted by atomic mass is 16.5. The number of amides is 1. The smallest absolute Gasteiger partial charge is 0.295 e. The summed E-state index contributed by atoms with van der Waals surface area (Å²) in [5, 5.41) is 4.78. The number of rotatable bonds is 5. The molecule has 6 rings (SSSR count). The van der Waals surface area contributed by atoms with E-state index in [1.165, 1.54) is 30.5 Å². The first-order valence-electron chi connectivity index (χ1n) is 11.7. The van der Waals surface area contributed by atoms with Crippen molar-refractivity contribution in [1.29, 1.82) is 0 Å². The third kappa shape index (κ3) is 3.80. The fourth-order valence-electron chi connectivity index (χ4n) is 4.71. The first kappa shape index (κ1) is 22.5. The third-order valence-electron chi connectivity index (χ3n) is 6.48. The highest BCUT2D eigenvalue weighted by molar-refractivity contribution is 6.45. The van der Waals surface area contributed by atoms with Gasteiger partial charge in [-0.25, -0.2) is 14.6 Å². The molecular formula is C26H22N8O3. The number of aromatic amines is 1. The van der Waals surface area contributed by atoms with Gasteiger partial charge in [0.05, 0.1) is 41.2 Å². The number of ether oxygens (including phenoxy) is 1. The minimum atomic E-state index is -0.626. The monoisotopic (exact) mass is 494 g/mol. The minimum Gasteiger partial charge on any atom is -0.494 e. The molecule has 0 unspecified atom stereocenters. The maximum absolute atomic E-state index is 13.5. The van der Waals surface area contributed by atoms with Crippen LogP contribution in [0.1, 0.15) is 27.3 Å². The SMILES string of the molecule is COc1cnc(-n2cnc(C)n2)c2[nH]cc(C(=O)C(=O)N3CCc4c(ccnc4-c4ccccn4)C3)c12. The number of aromatic nitrogens is 7. The molecule has 0 aliphatic carbocycles. The van der Waals surface area contributed by atoms with Crippen molar-refractivity contribution in [2.75, 3.05) is 13.7 Å².